The second-order valence-corrected chi connectivity index (χ2v) is 5.43. The quantitative estimate of drug-likeness (QED) is 0.863. The van der Waals surface area contributed by atoms with E-state index in [0.717, 1.165) is 30.9 Å². The summed E-state index contributed by atoms with van der Waals surface area (Å²) >= 11 is 1.71. The molecule has 1 amide bonds. The van der Waals surface area contributed by atoms with Gasteiger partial charge in [-0.3, -0.25) is 4.79 Å². The lowest BCUT2D eigenvalue weighted by Crippen LogP contribution is -2.37. The van der Waals surface area contributed by atoms with Gasteiger partial charge in [-0.1, -0.05) is 13.8 Å². The van der Waals surface area contributed by atoms with Gasteiger partial charge in [0, 0.05) is 17.6 Å². The second-order valence-electron chi connectivity index (χ2n) is 4.23. The van der Waals surface area contributed by atoms with Crippen LogP contribution in [0.15, 0.2) is 6.20 Å². The van der Waals surface area contributed by atoms with Gasteiger partial charge in [-0.25, -0.2) is 4.98 Å². The molecule has 1 aromatic rings. The van der Waals surface area contributed by atoms with Gasteiger partial charge in [0.1, 0.15) is 5.01 Å². The van der Waals surface area contributed by atoms with E-state index in [4.69, 9.17) is 0 Å². The first-order valence-corrected chi connectivity index (χ1v) is 7.02. The SMILES string of the molecule is CCNC1CCN(Cc2ncc(CC)s2)C1=O. The molecule has 1 saturated heterocycles. The van der Waals surface area contributed by atoms with E-state index in [1.54, 1.807) is 11.3 Å². The number of carbonyl (C=O) groups is 1. The Bertz CT molecular complexity index is 391. The van der Waals surface area contributed by atoms with Crippen LogP contribution in [-0.2, 0) is 17.8 Å². The number of hydrogen-bond acceptors (Lipinski definition) is 4. The molecule has 0 saturated carbocycles. The molecule has 1 aromatic heterocycles. The Labute approximate surface area is 106 Å². The summed E-state index contributed by atoms with van der Waals surface area (Å²) in [6.07, 6.45) is 3.85. The fourth-order valence-electron chi connectivity index (χ4n) is 2.08. The number of hydrogen-bond donors (Lipinski definition) is 1. The van der Waals surface area contributed by atoms with E-state index in [1.165, 1.54) is 4.88 Å². The fourth-order valence-corrected chi connectivity index (χ4v) is 2.96. The molecule has 0 bridgehead atoms. The van der Waals surface area contributed by atoms with Gasteiger partial charge < -0.3 is 10.2 Å². The van der Waals surface area contributed by atoms with Gasteiger partial charge in [0.2, 0.25) is 5.91 Å². The van der Waals surface area contributed by atoms with E-state index in [9.17, 15) is 4.79 Å². The first kappa shape index (κ1) is 12.5. The van der Waals surface area contributed by atoms with E-state index in [0.29, 0.717) is 6.54 Å². The van der Waals surface area contributed by atoms with E-state index in [1.807, 2.05) is 18.0 Å². The first-order chi connectivity index (χ1) is 8.24. The molecule has 1 unspecified atom stereocenters. The highest BCUT2D eigenvalue weighted by atomic mass is 32.1. The zero-order valence-corrected chi connectivity index (χ0v) is 11.2. The lowest BCUT2D eigenvalue weighted by Gasteiger charge is -2.15. The lowest BCUT2D eigenvalue weighted by atomic mass is 10.2. The normalized spacial score (nSPS) is 20.2. The predicted molar refractivity (Wildman–Crippen MR) is 69.0 cm³/mol. The van der Waals surface area contributed by atoms with Crippen LogP contribution in [0.1, 0.15) is 30.2 Å². The molecule has 0 aliphatic carbocycles. The predicted octanol–water partition coefficient (Wildman–Crippen LogP) is 1.42. The second kappa shape index (κ2) is 5.60. The molecule has 0 radical (unpaired) electrons. The molecule has 1 N–H and O–H groups in total. The Kier molecular flexibility index (Phi) is 4.12. The van der Waals surface area contributed by atoms with Crippen molar-refractivity contribution in [1.82, 2.24) is 15.2 Å². The number of aromatic nitrogens is 1. The molecule has 94 valence electrons. The minimum atomic E-state index is 0.0191. The maximum atomic E-state index is 12.0. The van der Waals surface area contributed by atoms with Gasteiger partial charge in [-0.15, -0.1) is 11.3 Å². The maximum Gasteiger partial charge on any atom is 0.240 e. The Balaban J connectivity index is 1.94. The summed E-state index contributed by atoms with van der Waals surface area (Å²) < 4.78 is 0. The van der Waals surface area contributed by atoms with Gasteiger partial charge in [0.25, 0.3) is 0 Å². The van der Waals surface area contributed by atoms with Crippen molar-refractivity contribution in [3.05, 3.63) is 16.1 Å². The molecule has 1 aliphatic rings. The molecule has 2 heterocycles. The largest absolute Gasteiger partial charge is 0.335 e. The highest BCUT2D eigenvalue weighted by Gasteiger charge is 2.31. The minimum Gasteiger partial charge on any atom is -0.335 e. The summed E-state index contributed by atoms with van der Waals surface area (Å²) in [7, 11) is 0. The zero-order valence-electron chi connectivity index (χ0n) is 10.4. The summed E-state index contributed by atoms with van der Waals surface area (Å²) in [5.74, 6) is 0.222. The van der Waals surface area contributed by atoms with Crippen LogP contribution in [0.25, 0.3) is 0 Å². The van der Waals surface area contributed by atoms with Gasteiger partial charge in [-0.2, -0.15) is 0 Å². The third-order valence-electron chi connectivity index (χ3n) is 3.02. The van der Waals surface area contributed by atoms with Gasteiger partial charge in [0.05, 0.1) is 12.6 Å². The number of nitrogens with zero attached hydrogens (tertiary/aromatic N) is 2. The monoisotopic (exact) mass is 253 g/mol. The number of nitrogens with one attached hydrogen (secondary N) is 1. The van der Waals surface area contributed by atoms with Crippen LogP contribution < -0.4 is 5.32 Å². The average Bonchev–Trinajstić information content (AvgIpc) is 2.91. The van der Waals surface area contributed by atoms with Crippen molar-refractivity contribution in [2.24, 2.45) is 0 Å². The van der Waals surface area contributed by atoms with Crippen LogP contribution in [-0.4, -0.2) is 34.9 Å². The number of amides is 1. The summed E-state index contributed by atoms with van der Waals surface area (Å²) in [5, 5.41) is 4.27. The molecule has 17 heavy (non-hydrogen) atoms. The Morgan fingerprint density at radius 1 is 1.59 bits per heavy atom. The summed E-state index contributed by atoms with van der Waals surface area (Å²) in [4.78, 5) is 19.6. The Morgan fingerprint density at radius 2 is 2.41 bits per heavy atom. The summed E-state index contributed by atoms with van der Waals surface area (Å²) in [5.41, 5.74) is 0. The first-order valence-electron chi connectivity index (χ1n) is 6.20. The van der Waals surface area contributed by atoms with E-state index < -0.39 is 0 Å². The fraction of sp³-hybridized carbons (Fsp3) is 0.667. The van der Waals surface area contributed by atoms with Gasteiger partial charge in [0.15, 0.2) is 0 Å². The molecule has 2 rings (SSSR count). The lowest BCUT2D eigenvalue weighted by molar-refractivity contribution is -0.129. The van der Waals surface area contributed by atoms with Crippen molar-refractivity contribution in [3.8, 4) is 0 Å². The molecule has 0 aromatic carbocycles. The third-order valence-corrected chi connectivity index (χ3v) is 4.15. The van der Waals surface area contributed by atoms with Crippen molar-refractivity contribution in [3.63, 3.8) is 0 Å². The molecule has 0 spiro atoms. The van der Waals surface area contributed by atoms with Gasteiger partial charge >= 0.3 is 0 Å². The number of likely N-dealkylation sites (N-methyl/N-ethyl adjacent to an activating group) is 1. The Morgan fingerprint density at radius 3 is 3.06 bits per heavy atom. The number of aryl methyl sites for hydroxylation is 1. The Hall–Kier alpha value is -0.940. The molecule has 5 heteroatoms. The van der Waals surface area contributed by atoms with Crippen molar-refractivity contribution < 1.29 is 4.79 Å². The van der Waals surface area contributed by atoms with E-state index in [-0.39, 0.29) is 11.9 Å². The molecular weight excluding hydrogens is 234 g/mol. The van der Waals surface area contributed by atoms with Crippen LogP contribution >= 0.6 is 11.3 Å². The number of likely N-dealkylation sites (tertiary alicyclic amines) is 1. The summed E-state index contributed by atoms with van der Waals surface area (Å²) in [6.45, 7) is 6.52. The van der Waals surface area contributed by atoms with Crippen molar-refractivity contribution in [2.45, 2.75) is 39.3 Å². The van der Waals surface area contributed by atoms with E-state index in [2.05, 4.69) is 17.2 Å². The molecule has 1 fully saturated rings. The van der Waals surface area contributed by atoms with Crippen LogP contribution in [0, 0.1) is 0 Å². The third kappa shape index (κ3) is 2.84. The van der Waals surface area contributed by atoms with E-state index >= 15 is 0 Å². The highest BCUT2D eigenvalue weighted by molar-refractivity contribution is 7.11. The number of carbonyl (C=O) groups excluding carboxylic acids is 1. The smallest absolute Gasteiger partial charge is 0.240 e. The van der Waals surface area contributed by atoms with Crippen LogP contribution in [0.3, 0.4) is 0 Å². The van der Waals surface area contributed by atoms with Crippen LogP contribution in [0.4, 0.5) is 0 Å². The van der Waals surface area contributed by atoms with Crippen molar-refractivity contribution in [2.75, 3.05) is 13.1 Å². The molecular formula is C12H19N3OS. The van der Waals surface area contributed by atoms with Crippen LogP contribution in [0.2, 0.25) is 0 Å². The molecule has 4 nitrogen and oxygen atoms in total. The number of rotatable bonds is 5. The number of thiazole rings is 1. The van der Waals surface area contributed by atoms with Crippen LogP contribution in [0.5, 0.6) is 0 Å². The summed E-state index contributed by atoms with van der Waals surface area (Å²) in [6, 6.07) is 0.0191. The highest BCUT2D eigenvalue weighted by Crippen LogP contribution is 2.19. The topological polar surface area (TPSA) is 45.2 Å². The minimum absolute atomic E-state index is 0.0191. The van der Waals surface area contributed by atoms with Gasteiger partial charge in [-0.05, 0) is 19.4 Å². The van der Waals surface area contributed by atoms with Crippen molar-refractivity contribution >= 4 is 17.2 Å². The maximum absolute atomic E-state index is 12.0. The average molecular weight is 253 g/mol. The standard InChI is InChI=1S/C12H19N3OS/c1-3-9-7-14-11(17-9)8-15-6-5-10(12(15)16)13-4-2/h7,10,13H,3-6,8H2,1-2H3. The molecule has 1 atom stereocenters. The molecule has 1 aliphatic heterocycles. The van der Waals surface area contributed by atoms with Crippen molar-refractivity contribution in [1.29, 1.82) is 0 Å². The zero-order chi connectivity index (χ0) is 12.3.